The molecule has 1 unspecified atom stereocenters. The number of nitrogens with zero attached hydrogens (tertiary/aromatic N) is 8. The molecule has 20 nitrogen and oxygen atoms in total. The fourth-order valence-electron chi connectivity index (χ4n) is 10.4. The summed E-state index contributed by atoms with van der Waals surface area (Å²) in [5.41, 5.74) is 0.273. The van der Waals surface area contributed by atoms with Crippen molar-refractivity contribution in [3.63, 3.8) is 0 Å². The van der Waals surface area contributed by atoms with E-state index in [4.69, 9.17) is 61.1 Å². The molecule has 4 aromatic heterocycles. The van der Waals surface area contributed by atoms with Gasteiger partial charge in [-0.25, -0.2) is 23.4 Å². The predicted molar refractivity (Wildman–Crippen MR) is 293 cm³/mol. The molecule has 2 aliphatic carbocycles. The molecular weight excluding hydrogens is 1110 g/mol. The van der Waals surface area contributed by atoms with Gasteiger partial charge in [0.1, 0.15) is 56.9 Å². The zero-order chi connectivity index (χ0) is 56.6. The summed E-state index contributed by atoms with van der Waals surface area (Å²) in [5, 5.41) is 20.5. The minimum absolute atomic E-state index is 0. The summed E-state index contributed by atoms with van der Waals surface area (Å²) in [6.45, 7) is 28.0. The van der Waals surface area contributed by atoms with Gasteiger partial charge >= 0.3 is 37.0 Å². The van der Waals surface area contributed by atoms with Crippen LogP contribution in [0.4, 0.5) is 21.2 Å². The van der Waals surface area contributed by atoms with E-state index in [-0.39, 0.29) is 65.8 Å². The van der Waals surface area contributed by atoms with Gasteiger partial charge in [-0.3, -0.25) is 9.80 Å². The van der Waals surface area contributed by atoms with Crippen LogP contribution in [0.2, 0.25) is 10.6 Å². The first kappa shape index (κ1) is 63.8. The van der Waals surface area contributed by atoms with Gasteiger partial charge in [-0.15, -0.1) is 10.2 Å². The Morgan fingerprint density at radius 2 is 1.18 bits per heavy atom. The number of aliphatic hydroxyl groups is 1. The van der Waals surface area contributed by atoms with Gasteiger partial charge in [0.05, 0.1) is 6.10 Å². The Labute approximate surface area is 488 Å². The largest absolute Gasteiger partial charge is 1.00 e. The Bertz CT molecular complexity index is 2720. The van der Waals surface area contributed by atoms with Crippen LogP contribution in [0.1, 0.15) is 173 Å². The predicted octanol–water partition coefficient (Wildman–Crippen LogP) is 8.84. The summed E-state index contributed by atoms with van der Waals surface area (Å²) in [7, 11) is 0. The fraction of sp³-hybridized carbons (Fsp3) is 0.704. The molecule has 7 atom stereocenters. The molecule has 4 aliphatic heterocycles. The second-order valence-corrected chi connectivity index (χ2v) is 24.5. The standard InChI is InChI=1S/C25H35ClN4O6.C16H20BrClN4O2.C9H14O4.C4H9.Li/c1-7-16-18-19(35-24(5,6)34-18)25(32,33-16)17-13-12-15-20(27-21(26)28-30(15)17)29(14-10-8-9-11-14)22(31)36-23(2,3)4;1-16(2,3)24-15(23)21(10-6-4-5-7-10)13-11-8-9-12(17)22(11)20-14(18)19-13;1-4-5-6-7(8(10)11-5)13-9(2,3)12-6;1-3-4-2;/h12-14,16,18-19,32H,7-11H2,1-6H3;8-10H,4-7H2,1-3H3;5-7H,4H2,1-3H3;1,3-4H2,2H3;/q;;;-1;+1/t16-,18-,19-,25?;;5-,6-,7-;;/m1.1../s1. The summed E-state index contributed by atoms with van der Waals surface area (Å²) in [6.07, 6.45) is 8.01. The number of fused-ring (bicyclic) bond motifs is 4. The molecule has 2 amide bonds. The molecule has 0 radical (unpaired) electrons. The topological polar surface area (TPSA) is 212 Å². The molecule has 78 heavy (non-hydrogen) atoms. The van der Waals surface area contributed by atoms with E-state index in [1.807, 2.05) is 95.2 Å². The molecule has 6 fully saturated rings. The van der Waals surface area contributed by atoms with E-state index < -0.39 is 59.1 Å². The second-order valence-electron chi connectivity index (χ2n) is 23.0. The number of aromatic nitrogens is 6. The zero-order valence-electron chi connectivity index (χ0n) is 47.8. The number of anilines is 2. The van der Waals surface area contributed by atoms with Gasteiger partial charge in [-0.05, 0) is 171 Å². The van der Waals surface area contributed by atoms with Gasteiger partial charge < -0.3 is 49.9 Å². The molecule has 0 bridgehead atoms. The van der Waals surface area contributed by atoms with Crippen LogP contribution in [0.25, 0.3) is 11.0 Å². The van der Waals surface area contributed by atoms with E-state index in [9.17, 15) is 19.5 Å². The van der Waals surface area contributed by atoms with Crippen molar-refractivity contribution in [2.45, 2.75) is 244 Å². The maximum atomic E-state index is 13.4. The first-order chi connectivity index (χ1) is 36.0. The zero-order valence-corrected chi connectivity index (χ0v) is 50.9. The minimum Gasteiger partial charge on any atom is -0.457 e. The fourth-order valence-corrected chi connectivity index (χ4v) is 11.1. The van der Waals surface area contributed by atoms with Crippen LogP contribution in [0.15, 0.2) is 28.9 Å². The molecule has 6 aliphatic rings. The van der Waals surface area contributed by atoms with E-state index in [1.165, 1.54) is 10.9 Å². The monoisotopic (exact) mass is 1190 g/mol. The maximum Gasteiger partial charge on any atom is 1.00 e. The van der Waals surface area contributed by atoms with Gasteiger partial charge in [0.25, 0.3) is 0 Å². The van der Waals surface area contributed by atoms with E-state index in [0.717, 1.165) is 68.8 Å². The molecule has 10 rings (SSSR count). The van der Waals surface area contributed by atoms with Crippen molar-refractivity contribution in [2.75, 3.05) is 9.80 Å². The minimum atomic E-state index is -1.84. The number of esters is 1. The van der Waals surface area contributed by atoms with Crippen LogP contribution in [-0.4, -0.2) is 124 Å². The molecule has 428 valence electrons. The number of hydrogen-bond donors (Lipinski definition) is 1. The number of carbonyl (C=O) groups excluding carboxylic acids is 3. The third kappa shape index (κ3) is 14.5. The van der Waals surface area contributed by atoms with Crippen molar-refractivity contribution in [1.29, 1.82) is 0 Å². The smallest absolute Gasteiger partial charge is 0.457 e. The van der Waals surface area contributed by atoms with Crippen LogP contribution in [0, 0.1) is 6.92 Å². The third-order valence-corrected chi connectivity index (χ3v) is 14.6. The maximum absolute atomic E-state index is 13.4. The van der Waals surface area contributed by atoms with Gasteiger partial charge in [0.2, 0.25) is 16.4 Å². The van der Waals surface area contributed by atoms with Crippen LogP contribution >= 0.6 is 39.1 Å². The first-order valence-corrected chi connectivity index (χ1v) is 28.5. The van der Waals surface area contributed by atoms with Crippen LogP contribution in [0.3, 0.4) is 0 Å². The van der Waals surface area contributed by atoms with Crippen molar-refractivity contribution < 1.29 is 76.2 Å². The van der Waals surface area contributed by atoms with Crippen molar-refractivity contribution in [3.8, 4) is 0 Å². The number of hydrogen-bond acceptors (Lipinski definition) is 16. The second kappa shape index (κ2) is 25.4. The van der Waals surface area contributed by atoms with Gasteiger partial charge in [-0.2, -0.15) is 16.4 Å². The first-order valence-electron chi connectivity index (χ1n) is 27.0. The Balaban J connectivity index is 0.000000200. The summed E-state index contributed by atoms with van der Waals surface area (Å²) >= 11 is 15.9. The molecule has 0 spiro atoms. The number of rotatable bonds is 8. The molecule has 8 heterocycles. The normalized spacial score (nSPS) is 26.2. The van der Waals surface area contributed by atoms with Gasteiger partial charge in [-0.1, -0.05) is 52.9 Å². The number of unbranched alkanes of at least 4 members (excludes halogenated alkanes) is 1. The molecule has 1 N–H and O–H groups in total. The number of halogens is 3. The van der Waals surface area contributed by atoms with Crippen LogP contribution in [0.5, 0.6) is 0 Å². The van der Waals surface area contributed by atoms with Crippen molar-refractivity contribution >= 4 is 80.0 Å². The summed E-state index contributed by atoms with van der Waals surface area (Å²) in [6, 6.07) is 7.15. The van der Waals surface area contributed by atoms with E-state index in [2.05, 4.69) is 49.9 Å². The van der Waals surface area contributed by atoms with Crippen molar-refractivity contribution in [2.24, 2.45) is 0 Å². The summed E-state index contributed by atoms with van der Waals surface area (Å²) < 4.78 is 49.6. The van der Waals surface area contributed by atoms with Crippen molar-refractivity contribution in [1.82, 2.24) is 29.2 Å². The van der Waals surface area contributed by atoms with Gasteiger partial charge in [0.15, 0.2) is 29.3 Å². The molecule has 4 aromatic rings. The number of amides is 2. The van der Waals surface area contributed by atoms with Crippen LogP contribution < -0.4 is 28.7 Å². The molecule has 0 aromatic carbocycles. The van der Waals surface area contributed by atoms with Crippen molar-refractivity contribution in [3.05, 3.63) is 52.1 Å². The molecule has 4 saturated heterocycles. The Hall–Kier alpha value is -3.33. The average Bonchev–Trinajstić information content (AvgIpc) is 4.23. The SMILES string of the molecule is CC(C)(C)OC(=O)N(c1nc(Cl)nn2c(Br)ccc12)C1CCCC1.CC[C@H]1OC(=O)[C@@H]2OC(C)(C)O[C@H]12.CC[C@H]1OC(O)(c2ccc3c(N(C(=O)OC(C)(C)C)C4CCCC4)nc(Cl)nn23)[C@@H]2OC(C)(C)O[C@@H]21.[CH2-]CCC.[Li+]. The van der Waals surface area contributed by atoms with E-state index in [0.29, 0.717) is 34.8 Å². The molecule has 24 heteroatoms. The number of cyclic esters (lactones) is 1. The van der Waals surface area contributed by atoms with Crippen LogP contribution in [-0.2, 0) is 48.5 Å². The average molecular weight is 1190 g/mol. The molecule has 2 saturated carbocycles. The molecular formula is C54H78BrCl2LiN8O12. The Kier molecular flexibility index (Phi) is 20.8. The van der Waals surface area contributed by atoms with E-state index in [1.54, 1.807) is 26.4 Å². The number of ether oxygens (including phenoxy) is 8. The summed E-state index contributed by atoms with van der Waals surface area (Å²) in [4.78, 5) is 49.6. The van der Waals surface area contributed by atoms with E-state index >= 15 is 0 Å². The van der Waals surface area contributed by atoms with Gasteiger partial charge in [0, 0.05) is 12.1 Å². The third-order valence-electron chi connectivity index (χ3n) is 13.6. The Morgan fingerprint density at radius 3 is 1.65 bits per heavy atom. The quantitative estimate of drug-likeness (QED) is 0.0755. The summed E-state index contributed by atoms with van der Waals surface area (Å²) in [5.74, 6) is -2.84. The Morgan fingerprint density at radius 1 is 0.731 bits per heavy atom. The number of carbonyl (C=O) groups is 3.